The molecule has 31 heavy (non-hydrogen) atoms. The molecule has 1 atom stereocenters. The Morgan fingerprint density at radius 1 is 0.903 bits per heavy atom. The van der Waals surface area contributed by atoms with Gasteiger partial charge in [0, 0.05) is 28.5 Å². The summed E-state index contributed by atoms with van der Waals surface area (Å²) in [7, 11) is 0. The van der Waals surface area contributed by atoms with Gasteiger partial charge in [-0.2, -0.15) is 0 Å². The zero-order valence-corrected chi connectivity index (χ0v) is 17.8. The largest absolute Gasteiger partial charge is 0.476 e. The molecule has 1 unspecified atom stereocenters. The van der Waals surface area contributed by atoms with Crippen LogP contribution in [0.2, 0.25) is 0 Å². The van der Waals surface area contributed by atoms with Crippen LogP contribution in [0.25, 0.3) is 0 Å². The van der Waals surface area contributed by atoms with Gasteiger partial charge in [0.2, 0.25) is 6.10 Å². The summed E-state index contributed by atoms with van der Waals surface area (Å²) in [5.41, 5.74) is 2.47. The third kappa shape index (κ3) is 5.49. The number of nitrogens with one attached hydrogen (secondary N) is 1. The molecule has 3 aromatic carbocycles. The summed E-state index contributed by atoms with van der Waals surface area (Å²) in [5.74, 6) is 0.405. The van der Waals surface area contributed by atoms with Crippen molar-refractivity contribution in [2.75, 3.05) is 5.32 Å². The standard InChI is InChI=1S/C25H21N3O2S/c1-18-17-21(31-25-26-15-8-16-27-25)13-14-22(18)28-24(29)23(19-9-4-2-5-10-19)30-20-11-6-3-7-12-20/h2-17,23H,1H3,(H,28,29). The van der Waals surface area contributed by atoms with E-state index < -0.39 is 6.10 Å². The number of hydrogen-bond acceptors (Lipinski definition) is 5. The van der Waals surface area contributed by atoms with Gasteiger partial charge in [0.25, 0.3) is 5.91 Å². The molecule has 154 valence electrons. The van der Waals surface area contributed by atoms with Crippen LogP contribution in [0, 0.1) is 6.92 Å². The Bertz CT molecular complexity index is 1140. The fourth-order valence-electron chi connectivity index (χ4n) is 3.02. The minimum atomic E-state index is -0.769. The van der Waals surface area contributed by atoms with E-state index in [4.69, 9.17) is 4.74 Å². The van der Waals surface area contributed by atoms with Gasteiger partial charge in [0.15, 0.2) is 5.16 Å². The molecule has 0 bridgehead atoms. The second-order valence-corrected chi connectivity index (χ2v) is 7.86. The van der Waals surface area contributed by atoms with E-state index in [1.807, 2.05) is 85.8 Å². The molecule has 5 nitrogen and oxygen atoms in total. The first kappa shape index (κ1) is 20.6. The normalized spacial score (nSPS) is 11.5. The van der Waals surface area contributed by atoms with Gasteiger partial charge >= 0.3 is 0 Å². The van der Waals surface area contributed by atoms with Crippen LogP contribution in [-0.4, -0.2) is 15.9 Å². The highest BCUT2D eigenvalue weighted by Crippen LogP contribution is 2.29. The van der Waals surface area contributed by atoms with Crippen molar-refractivity contribution >= 4 is 23.4 Å². The van der Waals surface area contributed by atoms with Gasteiger partial charge in [-0.3, -0.25) is 4.79 Å². The predicted molar refractivity (Wildman–Crippen MR) is 122 cm³/mol. The molecule has 4 rings (SSSR count). The second-order valence-electron chi connectivity index (χ2n) is 6.82. The van der Waals surface area contributed by atoms with E-state index in [0.717, 1.165) is 21.7 Å². The number of benzene rings is 3. The molecule has 1 heterocycles. The topological polar surface area (TPSA) is 64.1 Å². The van der Waals surface area contributed by atoms with Crippen molar-refractivity contribution in [2.45, 2.75) is 23.1 Å². The van der Waals surface area contributed by atoms with Crippen molar-refractivity contribution in [3.05, 3.63) is 108 Å². The molecule has 4 aromatic rings. The van der Waals surface area contributed by atoms with Crippen LogP contribution in [0.15, 0.2) is 107 Å². The Morgan fingerprint density at radius 3 is 2.26 bits per heavy atom. The van der Waals surface area contributed by atoms with E-state index in [-0.39, 0.29) is 5.91 Å². The molecule has 0 saturated carbocycles. The third-order valence-electron chi connectivity index (χ3n) is 4.54. The Labute approximate surface area is 185 Å². The number of aromatic nitrogens is 2. The zero-order chi connectivity index (χ0) is 21.5. The molecule has 0 fully saturated rings. The molecule has 1 amide bonds. The van der Waals surface area contributed by atoms with Crippen LogP contribution in [0.5, 0.6) is 5.75 Å². The molecular formula is C25H21N3O2S. The van der Waals surface area contributed by atoms with E-state index in [1.54, 1.807) is 18.5 Å². The number of carbonyl (C=O) groups is 1. The number of nitrogens with zero attached hydrogens (tertiary/aromatic N) is 2. The number of rotatable bonds is 7. The predicted octanol–water partition coefficient (Wildman–Crippen LogP) is 5.70. The smallest absolute Gasteiger partial charge is 0.270 e. The molecule has 0 aliphatic carbocycles. The lowest BCUT2D eigenvalue weighted by Gasteiger charge is -2.20. The van der Waals surface area contributed by atoms with Gasteiger partial charge in [-0.25, -0.2) is 9.97 Å². The monoisotopic (exact) mass is 427 g/mol. The Kier molecular flexibility index (Phi) is 6.59. The molecule has 1 N–H and O–H groups in total. The van der Waals surface area contributed by atoms with Gasteiger partial charge in [0.1, 0.15) is 5.75 Å². The molecule has 1 aromatic heterocycles. The number of para-hydroxylation sites is 1. The van der Waals surface area contributed by atoms with Gasteiger partial charge < -0.3 is 10.1 Å². The highest BCUT2D eigenvalue weighted by molar-refractivity contribution is 7.99. The summed E-state index contributed by atoms with van der Waals surface area (Å²) in [6.45, 7) is 1.96. The molecular weight excluding hydrogens is 406 g/mol. The highest BCUT2D eigenvalue weighted by atomic mass is 32.2. The van der Waals surface area contributed by atoms with Crippen molar-refractivity contribution in [3.63, 3.8) is 0 Å². The van der Waals surface area contributed by atoms with Crippen molar-refractivity contribution in [2.24, 2.45) is 0 Å². The van der Waals surface area contributed by atoms with Gasteiger partial charge in [-0.15, -0.1) is 0 Å². The van der Waals surface area contributed by atoms with Gasteiger partial charge in [0.05, 0.1) is 0 Å². The zero-order valence-electron chi connectivity index (χ0n) is 16.9. The van der Waals surface area contributed by atoms with Crippen molar-refractivity contribution in [1.29, 1.82) is 0 Å². The molecule has 0 aliphatic rings. The van der Waals surface area contributed by atoms with Crippen LogP contribution >= 0.6 is 11.8 Å². The number of anilines is 1. The van der Waals surface area contributed by atoms with Crippen LogP contribution in [0.3, 0.4) is 0 Å². The van der Waals surface area contributed by atoms with E-state index in [9.17, 15) is 4.79 Å². The van der Waals surface area contributed by atoms with Crippen LogP contribution in [0.4, 0.5) is 5.69 Å². The lowest BCUT2D eigenvalue weighted by Crippen LogP contribution is -2.26. The summed E-state index contributed by atoms with van der Waals surface area (Å²) in [4.78, 5) is 22.7. The van der Waals surface area contributed by atoms with Gasteiger partial charge in [-0.05, 0) is 60.6 Å². The first-order valence-corrected chi connectivity index (χ1v) is 10.6. The van der Waals surface area contributed by atoms with E-state index in [0.29, 0.717) is 10.9 Å². The lowest BCUT2D eigenvalue weighted by molar-refractivity contribution is -0.123. The second kappa shape index (κ2) is 9.91. The summed E-state index contributed by atoms with van der Waals surface area (Å²) >= 11 is 1.47. The first-order valence-electron chi connectivity index (χ1n) is 9.82. The average molecular weight is 428 g/mol. The van der Waals surface area contributed by atoms with Gasteiger partial charge in [-0.1, -0.05) is 48.5 Å². The summed E-state index contributed by atoms with van der Waals surface area (Å²) in [6.07, 6.45) is 2.66. The van der Waals surface area contributed by atoms with E-state index in [2.05, 4.69) is 15.3 Å². The number of aryl methyl sites for hydroxylation is 1. The first-order chi connectivity index (χ1) is 15.2. The number of amides is 1. The third-order valence-corrected chi connectivity index (χ3v) is 5.43. The Morgan fingerprint density at radius 2 is 1.58 bits per heavy atom. The maximum atomic E-state index is 13.2. The lowest BCUT2D eigenvalue weighted by atomic mass is 10.1. The van der Waals surface area contributed by atoms with Crippen LogP contribution < -0.4 is 10.1 Å². The SMILES string of the molecule is Cc1cc(Sc2ncccn2)ccc1NC(=O)C(Oc1ccccc1)c1ccccc1. The van der Waals surface area contributed by atoms with Crippen LogP contribution in [-0.2, 0) is 4.79 Å². The quantitative estimate of drug-likeness (QED) is 0.384. The minimum Gasteiger partial charge on any atom is -0.476 e. The molecule has 0 spiro atoms. The van der Waals surface area contributed by atoms with Crippen LogP contribution in [0.1, 0.15) is 17.2 Å². The van der Waals surface area contributed by atoms with E-state index in [1.165, 1.54) is 11.8 Å². The molecule has 0 radical (unpaired) electrons. The maximum Gasteiger partial charge on any atom is 0.270 e. The summed E-state index contributed by atoms with van der Waals surface area (Å²) < 4.78 is 6.04. The minimum absolute atomic E-state index is 0.232. The number of carbonyl (C=O) groups excluding carboxylic acids is 1. The number of ether oxygens (including phenoxy) is 1. The summed E-state index contributed by atoms with van der Waals surface area (Å²) in [5, 5.41) is 3.70. The molecule has 0 aliphatic heterocycles. The molecule has 0 saturated heterocycles. The Balaban J connectivity index is 1.52. The van der Waals surface area contributed by atoms with Crippen molar-refractivity contribution in [1.82, 2.24) is 9.97 Å². The fraction of sp³-hybridized carbons (Fsp3) is 0.0800. The fourth-order valence-corrected chi connectivity index (χ4v) is 3.83. The number of hydrogen-bond donors (Lipinski definition) is 1. The highest BCUT2D eigenvalue weighted by Gasteiger charge is 2.23. The summed E-state index contributed by atoms with van der Waals surface area (Å²) in [6, 6.07) is 26.5. The molecule has 6 heteroatoms. The van der Waals surface area contributed by atoms with Crippen molar-refractivity contribution < 1.29 is 9.53 Å². The van der Waals surface area contributed by atoms with Crippen molar-refractivity contribution in [3.8, 4) is 5.75 Å². The average Bonchev–Trinajstić information content (AvgIpc) is 2.81. The van der Waals surface area contributed by atoms with E-state index >= 15 is 0 Å². The maximum absolute atomic E-state index is 13.2. The Hall–Kier alpha value is -3.64.